The lowest BCUT2D eigenvalue weighted by Crippen LogP contribution is -2.48. The van der Waals surface area contributed by atoms with Crippen LogP contribution >= 0.6 is 0 Å². The van der Waals surface area contributed by atoms with Gasteiger partial charge in [-0.2, -0.15) is 0 Å². The highest BCUT2D eigenvalue weighted by Gasteiger charge is 2.17. The largest absolute Gasteiger partial charge is 0.369 e. The molecule has 1 aliphatic heterocycles. The van der Waals surface area contributed by atoms with Gasteiger partial charge in [-0.25, -0.2) is 13.1 Å². The molecule has 1 saturated heterocycles. The molecule has 2 N–H and O–H groups in total. The first kappa shape index (κ1) is 21.3. The van der Waals surface area contributed by atoms with Crippen molar-refractivity contribution in [2.24, 2.45) is 0 Å². The molecule has 0 radical (unpaired) electrons. The standard InChI is InChI=1S/C21H28N4O3S/c1-17-4-3-5-19(16-17)25-14-12-24(13-15-25)11-10-23-21(26)18-6-8-20(9-7-18)29(27,28)22-2/h3-9,16,22H,10-15H2,1-2H3,(H,23,26). The Morgan fingerprint density at radius 2 is 1.72 bits per heavy atom. The van der Waals surface area contributed by atoms with Crippen LogP contribution in [0.1, 0.15) is 15.9 Å². The molecule has 1 aliphatic rings. The lowest BCUT2D eigenvalue weighted by molar-refractivity contribution is 0.0947. The van der Waals surface area contributed by atoms with Crippen molar-refractivity contribution >= 4 is 21.6 Å². The number of hydrogen-bond acceptors (Lipinski definition) is 5. The van der Waals surface area contributed by atoms with Gasteiger partial charge in [0, 0.05) is 50.5 Å². The van der Waals surface area contributed by atoms with Gasteiger partial charge in [0.2, 0.25) is 10.0 Å². The Bertz CT molecular complexity index is 937. The van der Waals surface area contributed by atoms with Crippen LogP contribution in [0.5, 0.6) is 0 Å². The van der Waals surface area contributed by atoms with Crippen LogP contribution in [-0.4, -0.2) is 65.5 Å². The second-order valence-corrected chi connectivity index (χ2v) is 9.04. The van der Waals surface area contributed by atoms with Crippen LogP contribution in [0.3, 0.4) is 0 Å². The van der Waals surface area contributed by atoms with Crippen molar-refractivity contribution < 1.29 is 13.2 Å². The fraction of sp³-hybridized carbons (Fsp3) is 0.381. The number of carbonyl (C=O) groups is 1. The number of aryl methyl sites for hydroxylation is 1. The summed E-state index contributed by atoms with van der Waals surface area (Å²) in [4.78, 5) is 17.2. The van der Waals surface area contributed by atoms with Crippen LogP contribution in [0.15, 0.2) is 53.4 Å². The van der Waals surface area contributed by atoms with E-state index < -0.39 is 10.0 Å². The molecule has 29 heavy (non-hydrogen) atoms. The summed E-state index contributed by atoms with van der Waals surface area (Å²) >= 11 is 0. The van der Waals surface area contributed by atoms with E-state index in [9.17, 15) is 13.2 Å². The number of carbonyl (C=O) groups excluding carboxylic acids is 1. The first-order valence-electron chi connectivity index (χ1n) is 9.75. The summed E-state index contributed by atoms with van der Waals surface area (Å²) in [7, 11) is -2.13. The highest BCUT2D eigenvalue weighted by Crippen LogP contribution is 2.17. The molecule has 1 heterocycles. The Morgan fingerprint density at radius 1 is 1.03 bits per heavy atom. The lowest BCUT2D eigenvalue weighted by atomic mass is 10.2. The van der Waals surface area contributed by atoms with E-state index in [0.717, 1.165) is 32.7 Å². The maximum atomic E-state index is 12.3. The van der Waals surface area contributed by atoms with Gasteiger partial charge in [-0.3, -0.25) is 9.69 Å². The Kier molecular flexibility index (Phi) is 6.89. The quantitative estimate of drug-likeness (QED) is 0.714. The van der Waals surface area contributed by atoms with E-state index in [0.29, 0.717) is 12.1 Å². The molecule has 8 heteroatoms. The van der Waals surface area contributed by atoms with Crippen molar-refractivity contribution in [2.45, 2.75) is 11.8 Å². The van der Waals surface area contributed by atoms with E-state index in [4.69, 9.17) is 0 Å². The topological polar surface area (TPSA) is 81.7 Å². The molecule has 7 nitrogen and oxygen atoms in total. The van der Waals surface area contributed by atoms with Crippen molar-refractivity contribution in [3.63, 3.8) is 0 Å². The zero-order valence-electron chi connectivity index (χ0n) is 16.9. The van der Waals surface area contributed by atoms with E-state index >= 15 is 0 Å². The molecule has 0 unspecified atom stereocenters. The molecule has 0 bridgehead atoms. The maximum Gasteiger partial charge on any atom is 0.251 e. The molecule has 0 atom stereocenters. The van der Waals surface area contributed by atoms with E-state index in [1.165, 1.54) is 42.6 Å². The van der Waals surface area contributed by atoms with Crippen LogP contribution in [0.25, 0.3) is 0 Å². The summed E-state index contributed by atoms with van der Waals surface area (Å²) in [6, 6.07) is 14.5. The number of nitrogens with one attached hydrogen (secondary N) is 2. The number of piperazine rings is 1. The molecule has 2 aromatic carbocycles. The average Bonchev–Trinajstić information content (AvgIpc) is 2.74. The van der Waals surface area contributed by atoms with Gasteiger partial charge >= 0.3 is 0 Å². The molecule has 0 aliphatic carbocycles. The molecule has 0 aromatic heterocycles. The number of hydrogen-bond donors (Lipinski definition) is 2. The Morgan fingerprint density at radius 3 is 2.34 bits per heavy atom. The summed E-state index contributed by atoms with van der Waals surface area (Å²) in [6.45, 7) is 7.31. The van der Waals surface area contributed by atoms with Crippen LogP contribution in [0.4, 0.5) is 5.69 Å². The third-order valence-electron chi connectivity index (χ3n) is 5.15. The smallest absolute Gasteiger partial charge is 0.251 e. The van der Waals surface area contributed by atoms with Crippen molar-refractivity contribution in [1.82, 2.24) is 14.9 Å². The molecule has 2 aromatic rings. The third-order valence-corrected chi connectivity index (χ3v) is 6.58. The molecule has 156 valence electrons. The third kappa shape index (κ3) is 5.56. The molecule has 3 rings (SSSR count). The van der Waals surface area contributed by atoms with Crippen molar-refractivity contribution in [1.29, 1.82) is 0 Å². The lowest BCUT2D eigenvalue weighted by Gasteiger charge is -2.36. The van der Waals surface area contributed by atoms with Crippen molar-refractivity contribution in [3.8, 4) is 0 Å². The average molecular weight is 417 g/mol. The number of amides is 1. The Labute approximate surface area is 172 Å². The second kappa shape index (κ2) is 9.39. The molecule has 1 amide bonds. The monoisotopic (exact) mass is 416 g/mol. The zero-order valence-corrected chi connectivity index (χ0v) is 17.7. The van der Waals surface area contributed by atoms with Gasteiger partial charge in [0.25, 0.3) is 5.91 Å². The van der Waals surface area contributed by atoms with Crippen molar-refractivity contribution in [2.75, 3.05) is 51.2 Å². The van der Waals surface area contributed by atoms with E-state index in [-0.39, 0.29) is 10.8 Å². The molecule has 0 saturated carbocycles. The van der Waals surface area contributed by atoms with Gasteiger partial charge in [-0.15, -0.1) is 0 Å². The second-order valence-electron chi connectivity index (χ2n) is 7.16. The zero-order chi connectivity index (χ0) is 20.9. The number of anilines is 1. The van der Waals surface area contributed by atoms with E-state index in [2.05, 4.69) is 51.0 Å². The van der Waals surface area contributed by atoms with Gasteiger partial charge in [-0.05, 0) is 55.9 Å². The van der Waals surface area contributed by atoms with Crippen molar-refractivity contribution in [3.05, 3.63) is 59.7 Å². The number of sulfonamides is 1. The SMILES string of the molecule is CNS(=O)(=O)c1ccc(C(=O)NCCN2CCN(c3cccc(C)c3)CC2)cc1. The fourth-order valence-electron chi connectivity index (χ4n) is 3.39. The molecular weight excluding hydrogens is 388 g/mol. The van der Waals surface area contributed by atoms with Gasteiger partial charge in [0.05, 0.1) is 4.90 Å². The predicted octanol–water partition coefficient (Wildman–Crippen LogP) is 1.46. The van der Waals surface area contributed by atoms with Crippen LogP contribution < -0.4 is 14.9 Å². The van der Waals surface area contributed by atoms with E-state index in [1.807, 2.05) is 0 Å². The summed E-state index contributed by atoms with van der Waals surface area (Å²) in [5.41, 5.74) is 2.98. The summed E-state index contributed by atoms with van der Waals surface area (Å²) in [6.07, 6.45) is 0. The summed E-state index contributed by atoms with van der Waals surface area (Å²) in [5, 5.41) is 2.91. The number of benzene rings is 2. The fourth-order valence-corrected chi connectivity index (χ4v) is 4.12. The van der Waals surface area contributed by atoms with E-state index in [1.54, 1.807) is 0 Å². The van der Waals surface area contributed by atoms with Crippen LogP contribution in [0.2, 0.25) is 0 Å². The van der Waals surface area contributed by atoms with Gasteiger partial charge < -0.3 is 10.2 Å². The van der Waals surface area contributed by atoms with Gasteiger partial charge in [-0.1, -0.05) is 12.1 Å². The normalized spacial score (nSPS) is 15.3. The van der Waals surface area contributed by atoms with Gasteiger partial charge in [0.1, 0.15) is 0 Å². The van der Waals surface area contributed by atoms with Gasteiger partial charge in [0.15, 0.2) is 0 Å². The highest BCUT2D eigenvalue weighted by atomic mass is 32.2. The first-order valence-corrected chi connectivity index (χ1v) is 11.2. The number of rotatable bonds is 7. The molecule has 0 spiro atoms. The van der Waals surface area contributed by atoms with Crippen LogP contribution in [0, 0.1) is 6.92 Å². The summed E-state index contributed by atoms with van der Waals surface area (Å²) in [5.74, 6) is -0.197. The minimum Gasteiger partial charge on any atom is -0.369 e. The highest BCUT2D eigenvalue weighted by molar-refractivity contribution is 7.89. The summed E-state index contributed by atoms with van der Waals surface area (Å²) < 4.78 is 25.7. The molecular formula is C21H28N4O3S. The Hall–Kier alpha value is -2.42. The maximum absolute atomic E-state index is 12.3. The molecule has 1 fully saturated rings. The number of nitrogens with zero attached hydrogens (tertiary/aromatic N) is 2. The minimum absolute atomic E-state index is 0.142. The first-order chi connectivity index (χ1) is 13.9. The predicted molar refractivity (Wildman–Crippen MR) is 115 cm³/mol. The van der Waals surface area contributed by atoms with Crippen LogP contribution in [-0.2, 0) is 10.0 Å². The minimum atomic E-state index is -3.49. The Balaban J connectivity index is 1.43.